The molecule has 0 spiro atoms. The van der Waals surface area contributed by atoms with Gasteiger partial charge in [-0.1, -0.05) is 23.8 Å². The largest absolute Gasteiger partial charge is 0.493 e. The second kappa shape index (κ2) is 13.3. The fourth-order valence-corrected chi connectivity index (χ4v) is 4.31. The molecule has 0 aliphatic carbocycles. The van der Waals surface area contributed by atoms with E-state index in [0.717, 1.165) is 17.2 Å². The van der Waals surface area contributed by atoms with Crippen molar-refractivity contribution in [2.75, 3.05) is 31.4 Å². The zero-order valence-electron chi connectivity index (χ0n) is 25.5. The zero-order chi connectivity index (χ0) is 32.0. The Morgan fingerprint density at radius 3 is 2.18 bits per heavy atom. The summed E-state index contributed by atoms with van der Waals surface area (Å²) in [7, 11) is 2.86. The van der Waals surface area contributed by atoms with Gasteiger partial charge >= 0.3 is 6.09 Å². The Morgan fingerprint density at radius 2 is 1.52 bits per heavy atom. The summed E-state index contributed by atoms with van der Waals surface area (Å²) in [6.07, 6.45) is 0.0705. The number of ether oxygens (including phenoxy) is 3. The van der Waals surface area contributed by atoms with Crippen molar-refractivity contribution in [2.24, 2.45) is 0 Å². The number of nitrogens with one attached hydrogen (secondary N) is 3. The summed E-state index contributed by atoms with van der Waals surface area (Å²) in [6, 6.07) is 16.2. The van der Waals surface area contributed by atoms with E-state index in [1.165, 1.54) is 26.4 Å². The Kier molecular flexibility index (Phi) is 9.57. The molecule has 3 N–H and O–H groups in total. The highest BCUT2D eigenvalue weighted by Crippen LogP contribution is 2.34. The van der Waals surface area contributed by atoms with Gasteiger partial charge in [-0.3, -0.25) is 14.4 Å². The van der Waals surface area contributed by atoms with Crippen molar-refractivity contribution in [1.29, 1.82) is 0 Å². The number of hydrogen-bond donors (Lipinski definition) is 3. The number of carbonyl (C=O) groups excluding carboxylic acids is 3. The molecule has 11 nitrogen and oxygen atoms in total. The molecule has 0 aliphatic rings. The predicted octanol–water partition coefficient (Wildman–Crippen LogP) is 5.69. The lowest BCUT2D eigenvalue weighted by molar-refractivity contribution is 0.0528. The predicted molar refractivity (Wildman–Crippen MR) is 167 cm³/mol. The summed E-state index contributed by atoms with van der Waals surface area (Å²) < 4.78 is 21.7. The third-order valence-electron chi connectivity index (χ3n) is 6.42. The maximum atomic E-state index is 13.4. The van der Waals surface area contributed by atoms with Crippen LogP contribution in [0, 0.1) is 6.92 Å². The van der Waals surface area contributed by atoms with Crippen LogP contribution in [0.15, 0.2) is 69.9 Å². The maximum absolute atomic E-state index is 13.4. The minimum Gasteiger partial charge on any atom is -0.493 e. The van der Waals surface area contributed by atoms with Crippen molar-refractivity contribution in [1.82, 2.24) is 5.32 Å². The van der Waals surface area contributed by atoms with Gasteiger partial charge < -0.3 is 34.6 Å². The van der Waals surface area contributed by atoms with Crippen LogP contribution >= 0.6 is 0 Å². The molecule has 4 aromatic rings. The van der Waals surface area contributed by atoms with Crippen molar-refractivity contribution in [3.63, 3.8) is 0 Å². The zero-order valence-corrected chi connectivity index (χ0v) is 25.5. The summed E-state index contributed by atoms with van der Waals surface area (Å²) >= 11 is 0. The molecule has 230 valence electrons. The molecule has 0 bridgehead atoms. The van der Waals surface area contributed by atoms with Gasteiger partial charge in [0.2, 0.25) is 0 Å². The SMILES string of the molecule is COc1cc(NC(=O)c2cc(=O)c3cc(C)ccc3o2)c(C(=O)Nc2ccc(CCNC(=O)OC(C)(C)C)cc2)cc1OC. The Labute approximate surface area is 254 Å². The first-order valence-corrected chi connectivity index (χ1v) is 13.9. The molecule has 44 heavy (non-hydrogen) atoms. The number of rotatable bonds is 9. The first-order chi connectivity index (χ1) is 20.9. The van der Waals surface area contributed by atoms with Crippen LogP contribution < -0.4 is 30.9 Å². The lowest BCUT2D eigenvalue weighted by Crippen LogP contribution is -2.33. The molecule has 3 amide bonds. The van der Waals surface area contributed by atoms with Crippen LogP contribution in [0.3, 0.4) is 0 Å². The van der Waals surface area contributed by atoms with Crippen molar-refractivity contribution in [2.45, 2.75) is 39.7 Å². The molecule has 0 fully saturated rings. The van der Waals surface area contributed by atoms with Crippen LogP contribution in [0.4, 0.5) is 16.2 Å². The number of carbonyl (C=O) groups is 3. The summed E-state index contributed by atoms with van der Waals surface area (Å²) in [4.78, 5) is 51.2. The van der Waals surface area contributed by atoms with Gasteiger partial charge in [0.25, 0.3) is 11.8 Å². The minimum absolute atomic E-state index is 0.0837. The first-order valence-electron chi connectivity index (χ1n) is 13.9. The third-order valence-corrected chi connectivity index (χ3v) is 6.42. The van der Waals surface area contributed by atoms with Crippen molar-refractivity contribution in [3.8, 4) is 11.5 Å². The van der Waals surface area contributed by atoms with Gasteiger partial charge in [0.1, 0.15) is 11.2 Å². The van der Waals surface area contributed by atoms with Crippen LogP contribution in [0.25, 0.3) is 11.0 Å². The highest BCUT2D eigenvalue weighted by Gasteiger charge is 2.21. The quantitative estimate of drug-likeness (QED) is 0.222. The van der Waals surface area contributed by atoms with Crippen molar-refractivity contribution >= 4 is 40.3 Å². The Balaban J connectivity index is 1.51. The molecule has 4 rings (SSSR count). The van der Waals surface area contributed by atoms with E-state index >= 15 is 0 Å². The number of methoxy groups -OCH3 is 2. The Morgan fingerprint density at radius 1 is 0.841 bits per heavy atom. The highest BCUT2D eigenvalue weighted by atomic mass is 16.6. The standard InChI is InChI=1S/C33H35N3O8/c1-19-7-12-26-23(15-19)25(37)18-29(43-26)31(39)36-24-17-28(42-6)27(41-5)16-22(24)30(38)35-21-10-8-20(9-11-21)13-14-34-32(40)44-33(2,3)4/h7-12,15-18H,13-14H2,1-6H3,(H,34,40)(H,35,38)(H,36,39). The van der Waals surface area contributed by atoms with Crippen LogP contribution in [0.2, 0.25) is 0 Å². The smallest absolute Gasteiger partial charge is 0.407 e. The van der Waals surface area contributed by atoms with Crippen molar-refractivity contribution < 1.29 is 33.0 Å². The molecule has 0 unspecified atom stereocenters. The van der Waals surface area contributed by atoms with E-state index in [0.29, 0.717) is 24.0 Å². The normalized spacial score (nSPS) is 11.0. The van der Waals surface area contributed by atoms with E-state index in [1.54, 1.807) is 51.1 Å². The maximum Gasteiger partial charge on any atom is 0.407 e. The van der Waals surface area contributed by atoms with Gasteiger partial charge in [0, 0.05) is 24.4 Å². The lowest BCUT2D eigenvalue weighted by atomic mass is 10.1. The average Bonchev–Trinajstić information content (AvgIpc) is 2.97. The topological polar surface area (TPSA) is 145 Å². The molecule has 3 aromatic carbocycles. The highest BCUT2D eigenvalue weighted by molar-refractivity contribution is 6.12. The molecular weight excluding hydrogens is 566 g/mol. The number of amides is 3. The fraction of sp³-hybridized carbons (Fsp3) is 0.273. The van der Waals surface area contributed by atoms with Gasteiger partial charge in [0.05, 0.1) is 30.9 Å². The molecule has 1 heterocycles. The van der Waals surface area contributed by atoms with Gasteiger partial charge in [0.15, 0.2) is 22.7 Å². The number of alkyl carbamates (subject to hydrolysis) is 1. The van der Waals surface area contributed by atoms with Gasteiger partial charge in [-0.05, 0) is 70.0 Å². The van der Waals surface area contributed by atoms with E-state index in [2.05, 4.69) is 16.0 Å². The van der Waals surface area contributed by atoms with E-state index in [4.69, 9.17) is 18.6 Å². The molecule has 0 aliphatic heterocycles. The average molecular weight is 602 g/mol. The number of benzene rings is 3. The van der Waals surface area contributed by atoms with Gasteiger partial charge in [-0.15, -0.1) is 0 Å². The van der Waals surface area contributed by atoms with E-state index in [1.807, 2.05) is 19.1 Å². The van der Waals surface area contributed by atoms with Crippen LogP contribution in [-0.4, -0.2) is 44.3 Å². The van der Waals surface area contributed by atoms with E-state index in [-0.39, 0.29) is 39.5 Å². The number of anilines is 2. The Bertz CT molecular complexity index is 1750. The number of hydrogen-bond acceptors (Lipinski definition) is 8. The van der Waals surface area contributed by atoms with Gasteiger partial charge in [-0.2, -0.15) is 0 Å². The van der Waals surface area contributed by atoms with Crippen LogP contribution in [0.5, 0.6) is 11.5 Å². The summed E-state index contributed by atoms with van der Waals surface area (Å²) in [5.41, 5.74) is 1.84. The summed E-state index contributed by atoms with van der Waals surface area (Å²) in [5, 5.41) is 8.55. The van der Waals surface area contributed by atoms with Crippen LogP contribution in [0.1, 0.15) is 52.8 Å². The number of fused-ring (bicyclic) bond motifs is 1. The van der Waals surface area contributed by atoms with E-state index in [9.17, 15) is 19.2 Å². The molecule has 0 saturated carbocycles. The molecule has 11 heteroatoms. The molecular formula is C33H35N3O8. The monoisotopic (exact) mass is 601 g/mol. The summed E-state index contributed by atoms with van der Waals surface area (Å²) in [5.74, 6) is -0.925. The fourth-order valence-electron chi connectivity index (χ4n) is 4.31. The molecule has 0 radical (unpaired) electrons. The molecule has 0 saturated heterocycles. The van der Waals surface area contributed by atoms with E-state index < -0.39 is 23.5 Å². The first kappa shape index (κ1) is 31.6. The van der Waals surface area contributed by atoms with Gasteiger partial charge in [-0.25, -0.2) is 4.79 Å². The molecule has 0 atom stereocenters. The second-order valence-corrected chi connectivity index (χ2v) is 11.0. The second-order valence-electron chi connectivity index (χ2n) is 11.0. The van der Waals surface area contributed by atoms with Crippen LogP contribution in [-0.2, 0) is 11.2 Å². The minimum atomic E-state index is -0.727. The lowest BCUT2D eigenvalue weighted by Gasteiger charge is -2.19. The number of aryl methyl sites for hydroxylation is 1. The van der Waals surface area contributed by atoms with Crippen molar-refractivity contribution in [3.05, 3.63) is 93.3 Å². The Hall–Kier alpha value is -5.32. The summed E-state index contributed by atoms with van der Waals surface area (Å²) in [6.45, 7) is 7.62. The molecule has 1 aromatic heterocycles. The third kappa shape index (κ3) is 7.94.